The zero-order chi connectivity index (χ0) is 14.3. The van der Waals surface area contributed by atoms with Crippen molar-refractivity contribution in [3.05, 3.63) is 48.0 Å². The Balaban J connectivity index is 2.14. The number of benzene rings is 2. The van der Waals surface area contributed by atoms with Gasteiger partial charge in [-0.15, -0.1) is 15.0 Å². The molecule has 20 heavy (non-hydrogen) atoms. The van der Waals surface area contributed by atoms with Gasteiger partial charge in [-0.1, -0.05) is 39.0 Å². The molecule has 0 aliphatic heterocycles. The van der Waals surface area contributed by atoms with Crippen LogP contribution in [0.15, 0.2) is 42.5 Å². The predicted octanol–water partition coefficient (Wildman–Crippen LogP) is 3.42. The smallest absolute Gasteiger partial charge is 0.143 e. The highest BCUT2D eigenvalue weighted by Gasteiger charge is 2.15. The summed E-state index contributed by atoms with van der Waals surface area (Å²) in [6, 6.07) is 13.1. The molecule has 0 fully saturated rings. The number of hydrogen-bond acceptors (Lipinski definition) is 3. The van der Waals surface area contributed by atoms with Gasteiger partial charge in [0.25, 0.3) is 0 Å². The topological polar surface area (TPSA) is 50.9 Å². The number of phenolic OH excluding ortho intramolecular Hbond substituents is 1. The van der Waals surface area contributed by atoms with E-state index in [1.807, 2.05) is 12.1 Å². The van der Waals surface area contributed by atoms with Gasteiger partial charge >= 0.3 is 0 Å². The largest absolute Gasteiger partial charge is 0.506 e. The monoisotopic (exact) mass is 267 g/mol. The molecule has 3 aromatic rings. The van der Waals surface area contributed by atoms with E-state index in [0.29, 0.717) is 5.69 Å². The SMILES string of the molecule is CC(C)(C)c1ccc2nn(-c3ccccc3O)nc2c1. The van der Waals surface area contributed by atoms with Gasteiger partial charge in [0.1, 0.15) is 22.5 Å². The highest BCUT2D eigenvalue weighted by Crippen LogP contribution is 2.26. The first-order valence-corrected chi connectivity index (χ1v) is 6.61. The second kappa shape index (κ2) is 4.34. The normalized spacial score (nSPS) is 11.9. The number of aromatic hydroxyl groups is 1. The van der Waals surface area contributed by atoms with Crippen molar-refractivity contribution in [3.63, 3.8) is 0 Å². The van der Waals surface area contributed by atoms with E-state index in [9.17, 15) is 5.11 Å². The molecule has 4 nitrogen and oxygen atoms in total. The van der Waals surface area contributed by atoms with Crippen LogP contribution >= 0.6 is 0 Å². The standard InChI is InChI=1S/C16H17N3O/c1-16(2,3)11-8-9-12-13(10-11)18-19(17-12)14-6-4-5-7-15(14)20/h4-10,20H,1-3H3. The number of fused-ring (bicyclic) bond motifs is 1. The molecule has 0 unspecified atom stereocenters. The molecule has 0 saturated heterocycles. The third kappa shape index (κ3) is 2.13. The van der Waals surface area contributed by atoms with Crippen LogP contribution < -0.4 is 0 Å². The minimum atomic E-state index is 0.0762. The summed E-state index contributed by atoms with van der Waals surface area (Å²) in [4.78, 5) is 1.48. The molecule has 0 aliphatic rings. The maximum Gasteiger partial charge on any atom is 0.143 e. The molecule has 2 aromatic carbocycles. The van der Waals surface area contributed by atoms with Gasteiger partial charge in [0, 0.05) is 0 Å². The average Bonchev–Trinajstić information content (AvgIpc) is 2.80. The van der Waals surface area contributed by atoms with Gasteiger partial charge in [0.15, 0.2) is 0 Å². The summed E-state index contributed by atoms with van der Waals surface area (Å²) in [6.07, 6.45) is 0. The van der Waals surface area contributed by atoms with E-state index in [1.54, 1.807) is 18.2 Å². The lowest BCUT2D eigenvalue weighted by atomic mass is 9.87. The highest BCUT2D eigenvalue weighted by molar-refractivity contribution is 5.75. The van der Waals surface area contributed by atoms with E-state index >= 15 is 0 Å². The van der Waals surface area contributed by atoms with Gasteiger partial charge < -0.3 is 5.11 Å². The van der Waals surface area contributed by atoms with Crippen molar-refractivity contribution in [2.45, 2.75) is 26.2 Å². The number of hydrogen-bond donors (Lipinski definition) is 1. The van der Waals surface area contributed by atoms with Crippen molar-refractivity contribution in [3.8, 4) is 11.4 Å². The Morgan fingerprint density at radius 1 is 0.950 bits per heavy atom. The van der Waals surface area contributed by atoms with Crippen LogP contribution in [-0.2, 0) is 5.41 Å². The minimum Gasteiger partial charge on any atom is -0.506 e. The quantitative estimate of drug-likeness (QED) is 0.735. The molecular formula is C16H17N3O. The summed E-state index contributed by atoms with van der Waals surface area (Å²) in [6.45, 7) is 6.50. The Labute approximate surface area is 117 Å². The first kappa shape index (κ1) is 12.7. The number of rotatable bonds is 1. The lowest BCUT2D eigenvalue weighted by Gasteiger charge is -2.18. The molecule has 0 aliphatic carbocycles. The Morgan fingerprint density at radius 3 is 2.35 bits per heavy atom. The van der Waals surface area contributed by atoms with E-state index < -0.39 is 0 Å². The lowest BCUT2D eigenvalue weighted by molar-refractivity contribution is 0.468. The molecule has 1 aromatic heterocycles. The van der Waals surface area contributed by atoms with E-state index in [2.05, 4.69) is 43.1 Å². The molecule has 0 saturated carbocycles. The van der Waals surface area contributed by atoms with E-state index in [0.717, 1.165) is 11.0 Å². The Bertz CT molecular complexity index is 769. The Morgan fingerprint density at radius 2 is 1.65 bits per heavy atom. The number of aromatic nitrogens is 3. The fraction of sp³-hybridized carbons (Fsp3) is 0.250. The molecular weight excluding hydrogens is 250 g/mol. The van der Waals surface area contributed by atoms with Gasteiger partial charge in [0.05, 0.1) is 0 Å². The van der Waals surface area contributed by atoms with E-state index in [1.165, 1.54) is 10.4 Å². The average molecular weight is 267 g/mol. The van der Waals surface area contributed by atoms with Crippen molar-refractivity contribution >= 4 is 11.0 Å². The van der Waals surface area contributed by atoms with Crippen LogP contribution in [0.25, 0.3) is 16.7 Å². The number of phenols is 1. The fourth-order valence-corrected chi connectivity index (χ4v) is 2.12. The molecule has 1 N–H and O–H groups in total. The summed E-state index contributed by atoms with van der Waals surface area (Å²) >= 11 is 0. The van der Waals surface area contributed by atoms with Gasteiger partial charge in [-0.2, -0.15) is 0 Å². The minimum absolute atomic E-state index is 0.0762. The molecule has 102 valence electrons. The van der Waals surface area contributed by atoms with E-state index in [4.69, 9.17) is 0 Å². The van der Waals surface area contributed by atoms with Gasteiger partial charge in [-0.25, -0.2) is 0 Å². The van der Waals surface area contributed by atoms with Crippen LogP contribution in [0.5, 0.6) is 5.75 Å². The van der Waals surface area contributed by atoms with Crippen LogP contribution in [0, 0.1) is 0 Å². The molecule has 0 amide bonds. The van der Waals surface area contributed by atoms with Crippen LogP contribution in [0.1, 0.15) is 26.3 Å². The van der Waals surface area contributed by atoms with E-state index in [-0.39, 0.29) is 11.2 Å². The van der Waals surface area contributed by atoms with Gasteiger partial charge in [-0.05, 0) is 35.2 Å². The van der Waals surface area contributed by atoms with Gasteiger partial charge in [0.2, 0.25) is 0 Å². The fourth-order valence-electron chi connectivity index (χ4n) is 2.12. The third-order valence-corrected chi connectivity index (χ3v) is 3.34. The predicted molar refractivity (Wildman–Crippen MR) is 79.2 cm³/mol. The van der Waals surface area contributed by atoms with Crippen molar-refractivity contribution in [1.29, 1.82) is 0 Å². The van der Waals surface area contributed by atoms with Crippen molar-refractivity contribution in [2.75, 3.05) is 0 Å². The molecule has 1 heterocycles. The van der Waals surface area contributed by atoms with Crippen molar-refractivity contribution in [1.82, 2.24) is 15.0 Å². The zero-order valence-electron chi connectivity index (χ0n) is 11.8. The molecule has 4 heteroatoms. The number of nitrogens with zero attached hydrogens (tertiary/aromatic N) is 3. The second-order valence-corrected chi connectivity index (χ2v) is 5.93. The summed E-state index contributed by atoms with van der Waals surface area (Å²) in [5.41, 5.74) is 3.53. The summed E-state index contributed by atoms with van der Waals surface area (Å²) in [7, 11) is 0. The van der Waals surface area contributed by atoms with Crippen LogP contribution in [0.2, 0.25) is 0 Å². The molecule has 0 atom stereocenters. The zero-order valence-corrected chi connectivity index (χ0v) is 11.8. The Kier molecular flexibility index (Phi) is 2.74. The first-order chi connectivity index (χ1) is 9.45. The molecule has 0 bridgehead atoms. The third-order valence-electron chi connectivity index (χ3n) is 3.34. The molecule has 0 spiro atoms. The summed E-state index contributed by atoms with van der Waals surface area (Å²) in [5, 5.41) is 18.7. The maximum atomic E-state index is 9.87. The molecule has 3 rings (SSSR count). The Hall–Kier alpha value is -2.36. The van der Waals surface area contributed by atoms with Crippen molar-refractivity contribution in [2.24, 2.45) is 0 Å². The summed E-state index contributed by atoms with van der Waals surface area (Å²) in [5.74, 6) is 0.170. The molecule has 0 radical (unpaired) electrons. The lowest BCUT2D eigenvalue weighted by Crippen LogP contribution is -2.10. The summed E-state index contributed by atoms with van der Waals surface area (Å²) < 4.78 is 0. The van der Waals surface area contributed by atoms with Crippen LogP contribution in [0.3, 0.4) is 0 Å². The highest BCUT2D eigenvalue weighted by atomic mass is 16.3. The number of para-hydroxylation sites is 2. The second-order valence-electron chi connectivity index (χ2n) is 5.93. The van der Waals surface area contributed by atoms with Crippen LogP contribution in [-0.4, -0.2) is 20.1 Å². The maximum absolute atomic E-state index is 9.87. The van der Waals surface area contributed by atoms with Gasteiger partial charge in [-0.3, -0.25) is 0 Å². The van der Waals surface area contributed by atoms with Crippen molar-refractivity contribution < 1.29 is 5.11 Å². The first-order valence-electron chi connectivity index (χ1n) is 6.61. The van der Waals surface area contributed by atoms with Crippen LogP contribution in [0.4, 0.5) is 0 Å².